The number of benzene rings is 3. The van der Waals surface area contributed by atoms with E-state index < -0.39 is 6.04 Å². The largest absolute Gasteiger partial charge is 0.357 e. The highest BCUT2D eigenvalue weighted by molar-refractivity contribution is 6.30. The van der Waals surface area contributed by atoms with E-state index in [0.29, 0.717) is 10.6 Å². The number of halogens is 2. The molecule has 3 rings (SSSR count). The molecule has 0 aliphatic rings. The highest BCUT2D eigenvalue weighted by Gasteiger charge is 2.30. The molecular weight excluding hydrogens is 403 g/mol. The van der Waals surface area contributed by atoms with Crippen LogP contribution in [0.5, 0.6) is 0 Å². The first-order chi connectivity index (χ1) is 14.5. The van der Waals surface area contributed by atoms with Gasteiger partial charge in [-0.05, 0) is 41.0 Å². The molecule has 30 heavy (non-hydrogen) atoms. The van der Waals surface area contributed by atoms with Gasteiger partial charge in [-0.25, -0.2) is 4.39 Å². The lowest BCUT2D eigenvalue weighted by atomic mass is 10.0. The molecule has 4 nitrogen and oxygen atoms in total. The van der Waals surface area contributed by atoms with E-state index in [-0.39, 0.29) is 30.6 Å². The average molecular weight is 425 g/mol. The maximum Gasteiger partial charge on any atom is 0.247 e. The summed E-state index contributed by atoms with van der Waals surface area (Å²) in [5.41, 5.74) is 2.21. The van der Waals surface area contributed by atoms with E-state index in [1.165, 1.54) is 24.1 Å². The summed E-state index contributed by atoms with van der Waals surface area (Å²) in [5, 5.41) is 3.24. The quantitative estimate of drug-likeness (QED) is 0.605. The lowest BCUT2D eigenvalue weighted by molar-refractivity contribution is -0.141. The average Bonchev–Trinajstić information content (AvgIpc) is 2.76. The Morgan fingerprint density at radius 1 is 0.933 bits per heavy atom. The zero-order valence-corrected chi connectivity index (χ0v) is 17.3. The number of nitrogens with one attached hydrogen (secondary N) is 1. The number of likely N-dealkylation sites (N-methyl/N-ethyl adjacent to an activating group) is 1. The molecule has 0 aromatic heterocycles. The molecule has 1 N–H and O–H groups in total. The number of rotatable bonds is 7. The molecule has 154 valence electrons. The second kappa shape index (κ2) is 10.0. The fourth-order valence-electron chi connectivity index (χ4n) is 3.23. The van der Waals surface area contributed by atoms with Gasteiger partial charge >= 0.3 is 0 Å². The van der Waals surface area contributed by atoms with Gasteiger partial charge in [0.25, 0.3) is 0 Å². The van der Waals surface area contributed by atoms with Crippen molar-refractivity contribution in [2.75, 3.05) is 7.05 Å². The Hall–Kier alpha value is -3.18. The topological polar surface area (TPSA) is 49.4 Å². The van der Waals surface area contributed by atoms with Crippen LogP contribution >= 0.6 is 11.6 Å². The van der Waals surface area contributed by atoms with Gasteiger partial charge in [-0.2, -0.15) is 0 Å². The molecule has 0 bridgehead atoms. The van der Waals surface area contributed by atoms with Crippen LogP contribution in [0.15, 0.2) is 78.9 Å². The van der Waals surface area contributed by atoms with Crippen LogP contribution in [-0.2, 0) is 22.6 Å². The number of hydrogen-bond acceptors (Lipinski definition) is 2. The maximum absolute atomic E-state index is 13.4. The lowest BCUT2D eigenvalue weighted by Crippen LogP contribution is -2.43. The van der Waals surface area contributed by atoms with E-state index in [4.69, 9.17) is 11.6 Å². The van der Waals surface area contributed by atoms with Crippen molar-refractivity contribution in [3.8, 4) is 0 Å². The molecular formula is C24H22ClFN2O2. The first-order valence-electron chi connectivity index (χ1n) is 9.53. The third-order valence-electron chi connectivity index (χ3n) is 4.78. The van der Waals surface area contributed by atoms with E-state index in [0.717, 1.165) is 11.1 Å². The Morgan fingerprint density at radius 3 is 2.13 bits per heavy atom. The van der Waals surface area contributed by atoms with Crippen LogP contribution in [0.2, 0.25) is 5.02 Å². The third-order valence-corrected chi connectivity index (χ3v) is 5.03. The Morgan fingerprint density at radius 2 is 1.53 bits per heavy atom. The van der Waals surface area contributed by atoms with Gasteiger partial charge in [0.1, 0.15) is 11.9 Å². The molecule has 0 fully saturated rings. The molecule has 2 amide bonds. The molecule has 0 spiro atoms. The van der Waals surface area contributed by atoms with Crippen molar-refractivity contribution < 1.29 is 14.0 Å². The van der Waals surface area contributed by atoms with Crippen LogP contribution in [0.4, 0.5) is 4.39 Å². The van der Waals surface area contributed by atoms with Crippen molar-refractivity contribution in [2.24, 2.45) is 0 Å². The van der Waals surface area contributed by atoms with E-state index in [2.05, 4.69) is 5.32 Å². The molecule has 3 aromatic rings. The Bertz CT molecular complexity index is 992. The van der Waals surface area contributed by atoms with Crippen LogP contribution in [0.25, 0.3) is 0 Å². The summed E-state index contributed by atoms with van der Waals surface area (Å²) in [4.78, 5) is 27.7. The van der Waals surface area contributed by atoms with Crippen LogP contribution in [0, 0.1) is 5.82 Å². The summed E-state index contributed by atoms with van der Waals surface area (Å²) in [7, 11) is 1.54. The van der Waals surface area contributed by atoms with E-state index in [1.54, 1.807) is 36.4 Å². The van der Waals surface area contributed by atoms with Gasteiger partial charge in [0, 0.05) is 18.6 Å². The minimum Gasteiger partial charge on any atom is -0.357 e. The zero-order valence-electron chi connectivity index (χ0n) is 16.5. The number of carbonyl (C=O) groups excluding carboxylic acids is 2. The van der Waals surface area contributed by atoms with Crippen molar-refractivity contribution in [1.82, 2.24) is 10.2 Å². The Balaban J connectivity index is 1.97. The summed E-state index contributed by atoms with van der Waals surface area (Å²) in [6, 6.07) is 21.2. The SMILES string of the molecule is CNC(=O)[C@@H](c1ccccc1)N(Cc1ccc(F)cc1)C(=O)Cc1ccc(Cl)cc1. The van der Waals surface area contributed by atoms with E-state index >= 15 is 0 Å². The van der Waals surface area contributed by atoms with Gasteiger partial charge in [-0.3, -0.25) is 9.59 Å². The van der Waals surface area contributed by atoms with Crippen LogP contribution in [-0.4, -0.2) is 23.8 Å². The van der Waals surface area contributed by atoms with Gasteiger partial charge in [-0.15, -0.1) is 0 Å². The van der Waals surface area contributed by atoms with Gasteiger partial charge in [-0.1, -0.05) is 66.2 Å². The normalized spacial score (nSPS) is 11.6. The van der Waals surface area contributed by atoms with Gasteiger partial charge < -0.3 is 10.2 Å². The van der Waals surface area contributed by atoms with Crippen molar-refractivity contribution in [3.05, 3.63) is 106 Å². The Labute approximate surface area is 180 Å². The molecule has 0 heterocycles. The minimum atomic E-state index is -0.818. The summed E-state index contributed by atoms with van der Waals surface area (Å²) in [6.45, 7) is 0.166. The number of amides is 2. The highest BCUT2D eigenvalue weighted by atomic mass is 35.5. The van der Waals surface area contributed by atoms with Crippen LogP contribution in [0.3, 0.4) is 0 Å². The van der Waals surface area contributed by atoms with Crippen molar-refractivity contribution in [3.63, 3.8) is 0 Å². The summed E-state index contributed by atoms with van der Waals surface area (Å²) in [5.74, 6) is -0.879. The third kappa shape index (κ3) is 5.45. The first-order valence-corrected chi connectivity index (χ1v) is 9.90. The molecule has 1 atom stereocenters. The van der Waals surface area contributed by atoms with E-state index in [1.807, 2.05) is 30.3 Å². The molecule has 6 heteroatoms. The van der Waals surface area contributed by atoms with Crippen molar-refractivity contribution in [1.29, 1.82) is 0 Å². The van der Waals surface area contributed by atoms with Crippen molar-refractivity contribution in [2.45, 2.75) is 19.0 Å². The van der Waals surface area contributed by atoms with E-state index in [9.17, 15) is 14.0 Å². The predicted octanol–water partition coefficient (Wildman–Crippen LogP) is 4.54. The molecule has 0 radical (unpaired) electrons. The van der Waals surface area contributed by atoms with Crippen molar-refractivity contribution >= 4 is 23.4 Å². The standard InChI is InChI=1S/C24H22ClFN2O2/c1-27-24(30)23(19-5-3-2-4-6-19)28(16-18-9-13-21(26)14-10-18)22(29)15-17-7-11-20(25)12-8-17/h2-14,23H,15-16H2,1H3,(H,27,30)/t23-/m1/s1. The second-order valence-electron chi connectivity index (χ2n) is 6.88. The number of hydrogen-bond donors (Lipinski definition) is 1. The molecule has 0 saturated heterocycles. The minimum absolute atomic E-state index is 0.110. The van der Waals surface area contributed by atoms with Gasteiger partial charge in [0.2, 0.25) is 11.8 Å². The van der Waals surface area contributed by atoms with Crippen LogP contribution in [0.1, 0.15) is 22.7 Å². The van der Waals surface area contributed by atoms with Gasteiger partial charge in [0.05, 0.1) is 6.42 Å². The van der Waals surface area contributed by atoms with Crippen LogP contribution < -0.4 is 5.32 Å². The van der Waals surface area contributed by atoms with Gasteiger partial charge in [0.15, 0.2) is 0 Å². The zero-order chi connectivity index (χ0) is 21.5. The highest BCUT2D eigenvalue weighted by Crippen LogP contribution is 2.25. The number of carbonyl (C=O) groups is 2. The fourth-order valence-corrected chi connectivity index (χ4v) is 3.36. The maximum atomic E-state index is 13.4. The first kappa shape index (κ1) is 21.5. The fraction of sp³-hybridized carbons (Fsp3) is 0.167. The molecule has 0 unspecified atom stereocenters. The predicted molar refractivity (Wildman–Crippen MR) is 115 cm³/mol. The second-order valence-corrected chi connectivity index (χ2v) is 7.32. The Kier molecular flexibility index (Phi) is 7.20. The smallest absolute Gasteiger partial charge is 0.247 e. The molecule has 0 aliphatic heterocycles. The summed E-state index contributed by atoms with van der Waals surface area (Å²) >= 11 is 5.94. The molecule has 0 aliphatic carbocycles. The lowest BCUT2D eigenvalue weighted by Gasteiger charge is -2.31. The summed E-state index contributed by atoms with van der Waals surface area (Å²) < 4.78 is 13.4. The molecule has 0 saturated carbocycles. The summed E-state index contributed by atoms with van der Waals surface area (Å²) in [6.07, 6.45) is 0.110. The number of nitrogens with zero attached hydrogens (tertiary/aromatic N) is 1. The molecule has 3 aromatic carbocycles. The monoisotopic (exact) mass is 424 g/mol.